The van der Waals surface area contributed by atoms with Crippen molar-refractivity contribution < 1.29 is 5.11 Å². The predicted molar refractivity (Wildman–Crippen MR) is 91.8 cm³/mol. The minimum absolute atomic E-state index is 0.101. The number of aromatic nitrogens is 2. The zero-order valence-corrected chi connectivity index (χ0v) is 14.1. The molecule has 3 rings (SSSR count). The van der Waals surface area contributed by atoms with E-state index < -0.39 is 0 Å². The molecule has 0 unspecified atom stereocenters. The van der Waals surface area contributed by atoms with Crippen molar-refractivity contribution in [3.8, 4) is 0 Å². The molecule has 0 aliphatic carbocycles. The third kappa shape index (κ3) is 4.86. The summed E-state index contributed by atoms with van der Waals surface area (Å²) >= 11 is 0. The number of nitrogens with zero attached hydrogens (tertiary/aromatic N) is 3. The zero-order valence-electron chi connectivity index (χ0n) is 14.1. The molecule has 3 N–H and O–H groups in total. The molecular formula is C17H29N5O. The second kappa shape index (κ2) is 8.04. The van der Waals surface area contributed by atoms with Crippen LogP contribution in [0.1, 0.15) is 43.1 Å². The topological polar surface area (TPSA) is 73.3 Å². The Kier molecular flexibility index (Phi) is 5.80. The standard InChI is InChI=1S/C17H29N5O/c1-13-20-16(14-3-2-6-18-12-14)11-17(21-13)19-7-10-22-8-4-15(23)5-9-22/h11,14-15,18,23H,2-10,12H2,1H3,(H,19,20,21)/t14-/m1/s1. The maximum Gasteiger partial charge on any atom is 0.129 e. The maximum atomic E-state index is 9.55. The largest absolute Gasteiger partial charge is 0.393 e. The van der Waals surface area contributed by atoms with Crippen LogP contribution in [0.5, 0.6) is 0 Å². The summed E-state index contributed by atoms with van der Waals surface area (Å²) in [5, 5.41) is 16.5. The number of rotatable bonds is 5. The first-order valence-electron chi connectivity index (χ1n) is 8.91. The number of aliphatic hydroxyl groups excluding tert-OH is 1. The molecule has 2 saturated heterocycles. The fraction of sp³-hybridized carbons (Fsp3) is 0.765. The molecule has 1 atom stereocenters. The first-order valence-corrected chi connectivity index (χ1v) is 8.91. The van der Waals surface area contributed by atoms with Crippen molar-refractivity contribution >= 4 is 5.82 Å². The van der Waals surface area contributed by atoms with Gasteiger partial charge in [-0.25, -0.2) is 9.97 Å². The van der Waals surface area contributed by atoms with Crippen LogP contribution in [0.3, 0.4) is 0 Å². The molecule has 3 heterocycles. The highest BCUT2D eigenvalue weighted by Gasteiger charge is 2.18. The molecule has 0 bridgehead atoms. The molecule has 0 saturated carbocycles. The third-order valence-electron chi connectivity index (χ3n) is 4.86. The smallest absolute Gasteiger partial charge is 0.129 e. The number of hydrogen-bond donors (Lipinski definition) is 3. The van der Waals surface area contributed by atoms with E-state index >= 15 is 0 Å². The molecule has 0 spiro atoms. The highest BCUT2D eigenvalue weighted by Crippen LogP contribution is 2.23. The lowest BCUT2D eigenvalue weighted by Crippen LogP contribution is -2.38. The van der Waals surface area contributed by atoms with Gasteiger partial charge in [-0.05, 0) is 39.2 Å². The summed E-state index contributed by atoms with van der Waals surface area (Å²) in [7, 11) is 0. The Morgan fingerprint density at radius 3 is 2.87 bits per heavy atom. The molecule has 2 aliphatic rings. The number of likely N-dealkylation sites (tertiary alicyclic amines) is 1. The fourth-order valence-corrected chi connectivity index (χ4v) is 3.48. The van der Waals surface area contributed by atoms with Gasteiger partial charge in [0.15, 0.2) is 0 Å². The summed E-state index contributed by atoms with van der Waals surface area (Å²) < 4.78 is 0. The summed E-state index contributed by atoms with van der Waals surface area (Å²) in [5.74, 6) is 2.29. The van der Waals surface area contributed by atoms with Crippen molar-refractivity contribution in [1.29, 1.82) is 0 Å². The quantitative estimate of drug-likeness (QED) is 0.755. The average Bonchev–Trinajstić information content (AvgIpc) is 2.57. The molecule has 23 heavy (non-hydrogen) atoms. The molecular weight excluding hydrogens is 290 g/mol. The number of piperidine rings is 2. The van der Waals surface area contributed by atoms with Gasteiger partial charge in [-0.1, -0.05) is 0 Å². The number of aryl methyl sites for hydroxylation is 1. The predicted octanol–water partition coefficient (Wildman–Crippen LogP) is 1.12. The van der Waals surface area contributed by atoms with E-state index in [-0.39, 0.29) is 6.10 Å². The average molecular weight is 319 g/mol. The van der Waals surface area contributed by atoms with E-state index in [9.17, 15) is 5.11 Å². The van der Waals surface area contributed by atoms with E-state index in [0.29, 0.717) is 5.92 Å². The highest BCUT2D eigenvalue weighted by molar-refractivity contribution is 5.37. The summed E-state index contributed by atoms with van der Waals surface area (Å²) in [5.41, 5.74) is 1.16. The monoisotopic (exact) mass is 319 g/mol. The van der Waals surface area contributed by atoms with Gasteiger partial charge in [0.2, 0.25) is 0 Å². The van der Waals surface area contributed by atoms with Gasteiger partial charge in [-0.15, -0.1) is 0 Å². The van der Waals surface area contributed by atoms with Crippen molar-refractivity contribution in [3.63, 3.8) is 0 Å². The van der Waals surface area contributed by atoms with Crippen molar-refractivity contribution in [2.75, 3.05) is 44.6 Å². The minimum atomic E-state index is -0.101. The fourth-order valence-electron chi connectivity index (χ4n) is 3.48. The molecule has 0 radical (unpaired) electrons. The van der Waals surface area contributed by atoms with Crippen LogP contribution < -0.4 is 10.6 Å². The van der Waals surface area contributed by atoms with E-state index in [4.69, 9.17) is 0 Å². The summed E-state index contributed by atoms with van der Waals surface area (Å²) in [6.45, 7) is 7.97. The maximum absolute atomic E-state index is 9.55. The van der Waals surface area contributed by atoms with Crippen LogP contribution in [-0.4, -0.2) is 65.3 Å². The van der Waals surface area contributed by atoms with Crippen LogP contribution in [0, 0.1) is 6.92 Å². The first-order chi connectivity index (χ1) is 11.2. The van der Waals surface area contributed by atoms with Gasteiger partial charge >= 0.3 is 0 Å². The van der Waals surface area contributed by atoms with Crippen LogP contribution >= 0.6 is 0 Å². The van der Waals surface area contributed by atoms with E-state index in [1.165, 1.54) is 12.8 Å². The van der Waals surface area contributed by atoms with Gasteiger partial charge in [-0.2, -0.15) is 0 Å². The number of aliphatic hydroxyl groups is 1. The molecule has 0 aromatic carbocycles. The van der Waals surface area contributed by atoms with Gasteiger partial charge in [0.05, 0.1) is 11.8 Å². The molecule has 128 valence electrons. The van der Waals surface area contributed by atoms with Gasteiger partial charge < -0.3 is 20.6 Å². The zero-order chi connectivity index (χ0) is 16.1. The van der Waals surface area contributed by atoms with Crippen molar-refractivity contribution in [1.82, 2.24) is 20.2 Å². The molecule has 6 nitrogen and oxygen atoms in total. The van der Waals surface area contributed by atoms with E-state index in [0.717, 1.165) is 69.4 Å². The lowest BCUT2D eigenvalue weighted by atomic mass is 9.96. The van der Waals surface area contributed by atoms with Crippen LogP contribution in [0.25, 0.3) is 0 Å². The third-order valence-corrected chi connectivity index (χ3v) is 4.86. The molecule has 0 amide bonds. The Hall–Kier alpha value is -1.24. The highest BCUT2D eigenvalue weighted by atomic mass is 16.3. The van der Waals surface area contributed by atoms with E-state index in [1.807, 2.05) is 6.92 Å². The van der Waals surface area contributed by atoms with Crippen LogP contribution in [0.15, 0.2) is 6.07 Å². The number of hydrogen-bond acceptors (Lipinski definition) is 6. The van der Waals surface area contributed by atoms with Crippen LogP contribution in [0.4, 0.5) is 5.82 Å². The van der Waals surface area contributed by atoms with Gasteiger partial charge in [0.1, 0.15) is 11.6 Å². The Bertz CT molecular complexity index is 496. The van der Waals surface area contributed by atoms with Crippen molar-refractivity contribution in [3.05, 3.63) is 17.6 Å². The van der Waals surface area contributed by atoms with Crippen LogP contribution in [0.2, 0.25) is 0 Å². The Balaban J connectivity index is 1.52. The Labute approximate surface area is 138 Å². The lowest BCUT2D eigenvalue weighted by molar-refractivity contribution is 0.0845. The molecule has 2 fully saturated rings. The van der Waals surface area contributed by atoms with Gasteiger partial charge in [-0.3, -0.25) is 0 Å². The first kappa shape index (κ1) is 16.6. The minimum Gasteiger partial charge on any atom is -0.393 e. The number of anilines is 1. The number of nitrogens with one attached hydrogen (secondary N) is 2. The van der Waals surface area contributed by atoms with Gasteiger partial charge in [0.25, 0.3) is 0 Å². The summed E-state index contributed by atoms with van der Waals surface area (Å²) in [4.78, 5) is 11.6. The summed E-state index contributed by atoms with van der Waals surface area (Å²) in [6, 6.07) is 2.12. The van der Waals surface area contributed by atoms with Crippen molar-refractivity contribution in [2.45, 2.75) is 44.6 Å². The molecule has 1 aromatic rings. The van der Waals surface area contributed by atoms with Crippen LogP contribution in [-0.2, 0) is 0 Å². The second-order valence-electron chi connectivity index (χ2n) is 6.77. The molecule has 6 heteroatoms. The van der Waals surface area contributed by atoms with Gasteiger partial charge in [0, 0.05) is 44.7 Å². The second-order valence-corrected chi connectivity index (χ2v) is 6.77. The SMILES string of the molecule is Cc1nc(NCCN2CCC(O)CC2)cc([C@@H]2CCCNC2)n1. The van der Waals surface area contributed by atoms with E-state index in [2.05, 4.69) is 31.6 Å². The Morgan fingerprint density at radius 1 is 1.30 bits per heavy atom. The van der Waals surface area contributed by atoms with Crippen molar-refractivity contribution in [2.24, 2.45) is 0 Å². The Morgan fingerprint density at radius 2 is 2.13 bits per heavy atom. The summed E-state index contributed by atoms with van der Waals surface area (Å²) in [6.07, 6.45) is 4.11. The molecule has 2 aliphatic heterocycles. The molecule has 1 aromatic heterocycles. The normalized spacial score (nSPS) is 23.8. The lowest BCUT2D eigenvalue weighted by Gasteiger charge is -2.29. The van der Waals surface area contributed by atoms with E-state index in [1.54, 1.807) is 0 Å².